The van der Waals surface area contributed by atoms with Crippen molar-refractivity contribution in [1.82, 2.24) is 5.32 Å². The molecule has 0 fully saturated rings. The van der Waals surface area contributed by atoms with Crippen molar-refractivity contribution in [3.05, 3.63) is 11.3 Å². The van der Waals surface area contributed by atoms with Crippen molar-refractivity contribution in [2.75, 3.05) is 6.54 Å². The highest BCUT2D eigenvalue weighted by Crippen LogP contribution is 1.97. The predicted molar refractivity (Wildman–Crippen MR) is 41.2 cm³/mol. The maximum Gasteiger partial charge on any atom is 0.261 e. The van der Waals surface area contributed by atoms with Gasteiger partial charge in [0.05, 0.1) is 0 Å². The number of hydrogen-bond acceptors (Lipinski definition) is 3. The molecule has 0 aromatic carbocycles. The summed E-state index contributed by atoms with van der Waals surface area (Å²) in [6, 6.07) is 1.73. The van der Waals surface area contributed by atoms with Crippen molar-refractivity contribution >= 4 is 5.91 Å². The second-order valence-electron chi connectivity index (χ2n) is 2.01. The summed E-state index contributed by atoms with van der Waals surface area (Å²) in [7, 11) is 0. The highest BCUT2D eigenvalue weighted by Gasteiger charge is 2.06. The van der Waals surface area contributed by atoms with Crippen molar-refractivity contribution in [2.24, 2.45) is 5.73 Å². The van der Waals surface area contributed by atoms with Gasteiger partial charge < -0.3 is 11.1 Å². The van der Waals surface area contributed by atoms with Gasteiger partial charge in [-0.3, -0.25) is 4.79 Å². The fourth-order valence-corrected chi connectivity index (χ4v) is 0.677. The average Bonchev–Trinajstić information content (AvgIpc) is 1.88. The van der Waals surface area contributed by atoms with Gasteiger partial charge in [0.15, 0.2) is 0 Å². The third-order valence-electron chi connectivity index (χ3n) is 1.18. The van der Waals surface area contributed by atoms with Crippen LogP contribution in [0.25, 0.3) is 0 Å². The minimum atomic E-state index is -0.689. The summed E-state index contributed by atoms with van der Waals surface area (Å²) in [6.07, 6.45) is 0. The Labute approximate surface area is 65.7 Å². The molecule has 1 amide bonds. The summed E-state index contributed by atoms with van der Waals surface area (Å²) < 4.78 is 0. The Morgan fingerprint density at radius 3 is 2.55 bits per heavy atom. The van der Waals surface area contributed by atoms with Gasteiger partial charge in [-0.25, -0.2) is 0 Å². The summed E-state index contributed by atoms with van der Waals surface area (Å²) in [5.74, 6) is -0.689. The Bertz CT molecular complexity index is 224. The van der Waals surface area contributed by atoms with Crippen LogP contribution in [0.1, 0.15) is 13.8 Å². The summed E-state index contributed by atoms with van der Waals surface area (Å²) in [4.78, 5) is 10.5. The standard InChI is InChI=1S/C7H11N3O/c1-3-10-5(2)6(4-8)7(9)11/h10H,3H2,1-2H3,(H2,9,11)/b6-5-. The van der Waals surface area contributed by atoms with Gasteiger partial charge >= 0.3 is 0 Å². The molecule has 0 aliphatic rings. The van der Waals surface area contributed by atoms with Crippen molar-refractivity contribution in [3.63, 3.8) is 0 Å². The minimum absolute atomic E-state index is 0.00755. The lowest BCUT2D eigenvalue weighted by molar-refractivity contribution is -0.114. The van der Waals surface area contributed by atoms with Gasteiger partial charge in [-0.1, -0.05) is 0 Å². The van der Waals surface area contributed by atoms with Gasteiger partial charge in [0.25, 0.3) is 5.91 Å². The number of nitrogens with one attached hydrogen (secondary N) is 1. The van der Waals surface area contributed by atoms with Crippen molar-refractivity contribution in [2.45, 2.75) is 13.8 Å². The van der Waals surface area contributed by atoms with E-state index in [1.54, 1.807) is 13.0 Å². The first-order chi connectivity index (χ1) is 5.13. The van der Waals surface area contributed by atoms with Crippen LogP contribution in [0, 0.1) is 11.3 Å². The number of allylic oxidation sites excluding steroid dienone is 1. The Morgan fingerprint density at radius 2 is 2.27 bits per heavy atom. The molecule has 0 heterocycles. The summed E-state index contributed by atoms with van der Waals surface area (Å²) in [5.41, 5.74) is 5.44. The first-order valence-corrected chi connectivity index (χ1v) is 3.28. The van der Waals surface area contributed by atoms with E-state index in [4.69, 9.17) is 11.0 Å². The molecule has 0 unspecified atom stereocenters. The molecule has 0 aromatic rings. The van der Waals surface area contributed by atoms with Crippen molar-refractivity contribution in [1.29, 1.82) is 5.26 Å². The molecule has 0 aromatic heterocycles. The van der Waals surface area contributed by atoms with E-state index < -0.39 is 5.91 Å². The number of amides is 1. The molecule has 60 valence electrons. The van der Waals surface area contributed by atoms with Crippen molar-refractivity contribution in [3.8, 4) is 6.07 Å². The molecule has 0 aliphatic heterocycles. The SMILES string of the molecule is CCN/C(C)=C(/C#N)C(N)=O. The second-order valence-corrected chi connectivity index (χ2v) is 2.01. The second kappa shape index (κ2) is 4.34. The Kier molecular flexibility index (Phi) is 3.75. The highest BCUT2D eigenvalue weighted by atomic mass is 16.1. The van der Waals surface area contributed by atoms with E-state index in [-0.39, 0.29) is 5.57 Å². The highest BCUT2D eigenvalue weighted by molar-refractivity contribution is 5.96. The van der Waals surface area contributed by atoms with E-state index in [0.29, 0.717) is 12.2 Å². The van der Waals surface area contributed by atoms with Crippen LogP contribution < -0.4 is 11.1 Å². The summed E-state index contributed by atoms with van der Waals surface area (Å²) in [5, 5.41) is 11.3. The monoisotopic (exact) mass is 153 g/mol. The Morgan fingerprint density at radius 1 is 1.73 bits per heavy atom. The minimum Gasteiger partial charge on any atom is -0.388 e. The first kappa shape index (κ1) is 9.50. The van der Waals surface area contributed by atoms with Crippen LogP contribution in [0.4, 0.5) is 0 Å². The predicted octanol–water partition coefficient (Wildman–Crippen LogP) is -0.121. The van der Waals surface area contributed by atoms with E-state index in [1.807, 2.05) is 6.92 Å². The molecule has 0 radical (unpaired) electrons. The molecule has 0 bridgehead atoms. The molecule has 0 atom stereocenters. The topological polar surface area (TPSA) is 78.9 Å². The molecule has 3 N–H and O–H groups in total. The van der Waals surface area contributed by atoms with Crippen LogP contribution in [0.2, 0.25) is 0 Å². The zero-order valence-corrected chi connectivity index (χ0v) is 6.64. The van der Waals surface area contributed by atoms with Gasteiger partial charge in [0.2, 0.25) is 0 Å². The lowest BCUT2D eigenvalue weighted by Gasteiger charge is -2.02. The van der Waals surface area contributed by atoms with Gasteiger partial charge in [0, 0.05) is 12.2 Å². The Balaban J connectivity index is 4.58. The fraction of sp³-hybridized carbons (Fsp3) is 0.429. The van der Waals surface area contributed by atoms with Crippen molar-refractivity contribution < 1.29 is 4.79 Å². The summed E-state index contributed by atoms with van der Waals surface area (Å²) in [6.45, 7) is 4.19. The van der Waals surface area contributed by atoms with Crippen LogP contribution in [0.5, 0.6) is 0 Å². The van der Waals surface area contributed by atoms with Gasteiger partial charge in [-0.15, -0.1) is 0 Å². The zero-order chi connectivity index (χ0) is 8.85. The number of carbonyl (C=O) groups is 1. The number of hydrogen-bond donors (Lipinski definition) is 2. The average molecular weight is 153 g/mol. The quantitative estimate of drug-likeness (QED) is 0.438. The lowest BCUT2D eigenvalue weighted by Crippen LogP contribution is -2.20. The molecule has 0 saturated heterocycles. The number of nitrogens with zero attached hydrogens (tertiary/aromatic N) is 1. The molecule has 11 heavy (non-hydrogen) atoms. The van der Waals surface area contributed by atoms with E-state index in [9.17, 15) is 4.79 Å². The molecule has 0 spiro atoms. The van der Waals surface area contributed by atoms with Gasteiger partial charge in [-0.2, -0.15) is 5.26 Å². The molecular formula is C7H11N3O. The lowest BCUT2D eigenvalue weighted by atomic mass is 10.2. The van der Waals surface area contributed by atoms with Gasteiger partial charge in [0.1, 0.15) is 11.6 Å². The molecule has 4 nitrogen and oxygen atoms in total. The van der Waals surface area contributed by atoms with Crippen LogP contribution >= 0.6 is 0 Å². The maximum absolute atomic E-state index is 10.5. The normalized spacial score (nSPS) is 11.4. The molecule has 0 saturated carbocycles. The molecule has 0 rings (SSSR count). The third kappa shape index (κ3) is 2.72. The zero-order valence-electron chi connectivity index (χ0n) is 6.64. The van der Waals surface area contributed by atoms with Gasteiger partial charge in [-0.05, 0) is 13.8 Å². The smallest absolute Gasteiger partial charge is 0.261 e. The number of nitrogens with two attached hydrogens (primary N) is 1. The van der Waals surface area contributed by atoms with Crippen LogP contribution in [0.3, 0.4) is 0 Å². The van der Waals surface area contributed by atoms with E-state index in [2.05, 4.69) is 5.32 Å². The first-order valence-electron chi connectivity index (χ1n) is 3.28. The van der Waals surface area contributed by atoms with E-state index in [1.165, 1.54) is 0 Å². The van der Waals surface area contributed by atoms with Crippen LogP contribution in [-0.2, 0) is 4.79 Å². The summed E-state index contributed by atoms with van der Waals surface area (Å²) >= 11 is 0. The van der Waals surface area contributed by atoms with E-state index in [0.717, 1.165) is 0 Å². The number of primary amides is 1. The third-order valence-corrected chi connectivity index (χ3v) is 1.18. The fourth-order valence-electron chi connectivity index (χ4n) is 0.677. The molecule has 4 heteroatoms. The largest absolute Gasteiger partial charge is 0.388 e. The number of carbonyl (C=O) groups excluding carboxylic acids is 1. The van der Waals surface area contributed by atoms with Crippen LogP contribution in [-0.4, -0.2) is 12.5 Å². The number of rotatable bonds is 3. The van der Waals surface area contributed by atoms with Crippen LogP contribution in [0.15, 0.2) is 11.3 Å². The molecule has 0 aliphatic carbocycles. The number of nitriles is 1. The molecular weight excluding hydrogens is 142 g/mol. The van der Waals surface area contributed by atoms with E-state index >= 15 is 0 Å². The Hall–Kier alpha value is -1.50. The maximum atomic E-state index is 10.5.